The van der Waals surface area contributed by atoms with Gasteiger partial charge in [0.2, 0.25) is 5.91 Å². The van der Waals surface area contributed by atoms with Crippen LogP contribution in [0.1, 0.15) is 42.6 Å². The van der Waals surface area contributed by atoms with Crippen LogP contribution in [-0.2, 0) is 9.53 Å². The van der Waals surface area contributed by atoms with Crippen molar-refractivity contribution < 1.29 is 14.3 Å². The average Bonchev–Trinajstić information content (AvgIpc) is 2.39. The molecule has 0 saturated heterocycles. The molecule has 0 heterocycles. The number of benzene rings is 1. The maximum atomic E-state index is 11.5. The minimum absolute atomic E-state index is 0.177. The third kappa shape index (κ3) is 4.47. The van der Waals surface area contributed by atoms with Gasteiger partial charge in [0.1, 0.15) is 0 Å². The number of hydrogen-bond acceptors (Lipinski definition) is 3. The lowest BCUT2D eigenvalue weighted by atomic mass is 10.1. The van der Waals surface area contributed by atoms with E-state index in [1.807, 2.05) is 6.92 Å². The molecule has 100 valence electrons. The summed E-state index contributed by atoms with van der Waals surface area (Å²) in [4.78, 5) is 22.6. The number of carbonyl (C=O) groups is 2. The number of rotatable bonds is 3. The van der Waals surface area contributed by atoms with Crippen molar-refractivity contribution >= 4 is 17.6 Å². The highest BCUT2D eigenvalue weighted by Gasteiger charge is 2.09. The molecule has 0 aliphatic rings. The molecule has 0 fully saturated rings. The summed E-state index contributed by atoms with van der Waals surface area (Å²) in [5.41, 5.74) is 1.63. The number of hydrogen-bond donors (Lipinski definition) is 1. The second kappa shape index (κ2) is 7.22. The van der Waals surface area contributed by atoms with Crippen molar-refractivity contribution in [1.82, 2.24) is 0 Å². The van der Waals surface area contributed by atoms with Gasteiger partial charge in [-0.2, -0.15) is 0 Å². The minimum atomic E-state index is -0.423. The van der Waals surface area contributed by atoms with E-state index in [1.54, 1.807) is 18.2 Å². The van der Waals surface area contributed by atoms with Crippen LogP contribution in [0.15, 0.2) is 18.2 Å². The summed E-state index contributed by atoms with van der Waals surface area (Å²) in [7, 11) is 1.33. The first-order valence-corrected chi connectivity index (χ1v) is 6.07. The minimum Gasteiger partial charge on any atom is -0.465 e. The Balaban J connectivity index is 3.15. The molecule has 4 nitrogen and oxygen atoms in total. The van der Waals surface area contributed by atoms with Gasteiger partial charge in [-0.3, -0.25) is 4.79 Å². The lowest BCUT2D eigenvalue weighted by Crippen LogP contribution is -2.09. The zero-order valence-electron chi connectivity index (χ0n) is 11.4. The number of nitrogens with one attached hydrogen (secondary N) is 1. The highest BCUT2D eigenvalue weighted by Crippen LogP contribution is 2.17. The molecule has 0 radical (unpaired) electrons. The zero-order valence-corrected chi connectivity index (χ0v) is 11.4. The molecule has 0 aliphatic heterocycles. The number of anilines is 1. The molecule has 0 saturated carbocycles. The summed E-state index contributed by atoms with van der Waals surface area (Å²) >= 11 is 0. The van der Waals surface area contributed by atoms with E-state index < -0.39 is 5.97 Å². The quantitative estimate of drug-likeness (QED) is 0.670. The van der Waals surface area contributed by atoms with Crippen LogP contribution in [0.25, 0.3) is 0 Å². The first-order chi connectivity index (χ1) is 9.08. The molecule has 1 N–H and O–H groups in total. The highest BCUT2D eigenvalue weighted by atomic mass is 16.5. The predicted molar refractivity (Wildman–Crippen MR) is 73.9 cm³/mol. The van der Waals surface area contributed by atoms with E-state index in [9.17, 15) is 9.59 Å². The average molecular weight is 259 g/mol. The largest absolute Gasteiger partial charge is 0.465 e. The number of esters is 1. The Morgan fingerprint density at radius 2 is 2.11 bits per heavy atom. The second-order valence-corrected chi connectivity index (χ2v) is 3.98. The summed E-state index contributed by atoms with van der Waals surface area (Å²) in [6.07, 6.45) is 1.72. The van der Waals surface area contributed by atoms with Crippen molar-refractivity contribution in [2.75, 3.05) is 12.4 Å². The van der Waals surface area contributed by atoms with Gasteiger partial charge in [0.15, 0.2) is 0 Å². The molecular formula is C15H17NO3. The number of ether oxygens (including phenoxy) is 1. The lowest BCUT2D eigenvalue weighted by molar-refractivity contribution is -0.114. The number of methoxy groups -OCH3 is 1. The summed E-state index contributed by atoms with van der Waals surface area (Å²) in [6, 6.07) is 4.88. The Hall–Kier alpha value is -2.28. The number of carbonyl (C=O) groups excluding carboxylic acids is 2. The molecule has 0 aromatic heterocycles. The normalized spacial score (nSPS) is 9.21. The Bertz CT molecular complexity index is 538. The van der Waals surface area contributed by atoms with E-state index in [0.717, 1.165) is 12.8 Å². The highest BCUT2D eigenvalue weighted by molar-refractivity contribution is 5.94. The molecule has 0 aliphatic carbocycles. The second-order valence-electron chi connectivity index (χ2n) is 3.98. The number of unbranched alkanes of at least 4 members (excludes halogenated alkanes) is 1. The monoisotopic (exact) mass is 259 g/mol. The predicted octanol–water partition coefficient (Wildman–Crippen LogP) is 2.58. The van der Waals surface area contributed by atoms with E-state index in [4.69, 9.17) is 0 Å². The van der Waals surface area contributed by atoms with Crippen LogP contribution >= 0.6 is 0 Å². The van der Waals surface area contributed by atoms with Crippen LogP contribution in [0.4, 0.5) is 5.69 Å². The van der Waals surface area contributed by atoms with E-state index in [0.29, 0.717) is 16.8 Å². The van der Waals surface area contributed by atoms with Gasteiger partial charge in [-0.1, -0.05) is 18.8 Å². The van der Waals surface area contributed by atoms with Crippen molar-refractivity contribution in [3.05, 3.63) is 29.3 Å². The molecule has 19 heavy (non-hydrogen) atoms. The third-order valence-corrected chi connectivity index (χ3v) is 2.35. The standard InChI is InChI=1S/C15H17NO3/c1-4-5-6-7-12-10-13(15(18)19-3)8-9-14(12)16-11(2)17/h8-10H,4-5H2,1-3H3,(H,16,17). The van der Waals surface area contributed by atoms with Gasteiger partial charge in [-0.25, -0.2) is 4.79 Å². The lowest BCUT2D eigenvalue weighted by Gasteiger charge is -2.07. The molecular weight excluding hydrogens is 242 g/mol. The van der Waals surface area contributed by atoms with Gasteiger partial charge in [-0.05, 0) is 24.6 Å². The molecule has 1 amide bonds. The van der Waals surface area contributed by atoms with Crippen molar-refractivity contribution in [1.29, 1.82) is 0 Å². The van der Waals surface area contributed by atoms with Crippen molar-refractivity contribution in [3.8, 4) is 11.8 Å². The van der Waals surface area contributed by atoms with E-state index >= 15 is 0 Å². The molecule has 0 unspecified atom stereocenters. The van der Waals surface area contributed by atoms with Crippen LogP contribution in [0.2, 0.25) is 0 Å². The molecule has 0 atom stereocenters. The molecule has 1 aromatic rings. The molecule has 1 aromatic carbocycles. The number of amides is 1. The van der Waals surface area contributed by atoms with Crippen molar-refractivity contribution in [2.45, 2.75) is 26.7 Å². The summed E-state index contributed by atoms with van der Waals surface area (Å²) in [6.45, 7) is 3.46. The van der Waals surface area contributed by atoms with Crippen molar-refractivity contribution in [3.63, 3.8) is 0 Å². The Morgan fingerprint density at radius 3 is 2.68 bits per heavy atom. The van der Waals surface area contributed by atoms with Crippen LogP contribution in [0.3, 0.4) is 0 Å². The van der Waals surface area contributed by atoms with E-state index in [2.05, 4.69) is 21.9 Å². The van der Waals surface area contributed by atoms with Crippen molar-refractivity contribution in [2.24, 2.45) is 0 Å². The van der Waals surface area contributed by atoms with Crippen LogP contribution in [0, 0.1) is 11.8 Å². The van der Waals surface area contributed by atoms with E-state index in [1.165, 1.54) is 14.0 Å². The smallest absolute Gasteiger partial charge is 0.337 e. The summed E-state index contributed by atoms with van der Waals surface area (Å²) in [5, 5.41) is 2.69. The molecule has 1 rings (SSSR count). The Morgan fingerprint density at radius 1 is 1.37 bits per heavy atom. The van der Waals surface area contributed by atoms with Gasteiger partial charge in [0, 0.05) is 18.9 Å². The van der Waals surface area contributed by atoms with Crippen LogP contribution < -0.4 is 5.32 Å². The molecule has 0 spiro atoms. The molecule has 0 bridgehead atoms. The van der Waals surface area contributed by atoms with Gasteiger partial charge in [-0.15, -0.1) is 0 Å². The van der Waals surface area contributed by atoms with Crippen LogP contribution in [0.5, 0.6) is 0 Å². The fourth-order valence-electron chi connectivity index (χ4n) is 1.47. The maximum absolute atomic E-state index is 11.5. The maximum Gasteiger partial charge on any atom is 0.337 e. The summed E-state index contributed by atoms with van der Waals surface area (Å²) < 4.78 is 4.66. The van der Waals surface area contributed by atoms with Gasteiger partial charge in [0.05, 0.1) is 18.4 Å². The van der Waals surface area contributed by atoms with Gasteiger partial charge in [0.25, 0.3) is 0 Å². The van der Waals surface area contributed by atoms with E-state index in [-0.39, 0.29) is 5.91 Å². The SMILES string of the molecule is CCCC#Cc1cc(C(=O)OC)ccc1NC(C)=O. The third-order valence-electron chi connectivity index (χ3n) is 2.35. The Labute approximate surface area is 113 Å². The zero-order chi connectivity index (χ0) is 14.3. The van der Waals surface area contributed by atoms with Gasteiger partial charge >= 0.3 is 5.97 Å². The van der Waals surface area contributed by atoms with Gasteiger partial charge < -0.3 is 10.1 Å². The fraction of sp³-hybridized carbons (Fsp3) is 0.333. The topological polar surface area (TPSA) is 55.4 Å². The first-order valence-electron chi connectivity index (χ1n) is 6.07. The summed E-state index contributed by atoms with van der Waals surface area (Å²) in [5.74, 6) is 5.36. The fourth-order valence-corrected chi connectivity index (χ4v) is 1.47. The van der Waals surface area contributed by atoms with Crippen LogP contribution in [-0.4, -0.2) is 19.0 Å². The first kappa shape index (κ1) is 14.8. The Kier molecular flexibility index (Phi) is 5.62. The molecule has 4 heteroatoms.